The van der Waals surface area contributed by atoms with E-state index in [2.05, 4.69) is 4.90 Å². The van der Waals surface area contributed by atoms with Gasteiger partial charge in [0.05, 0.1) is 13.2 Å². The zero-order chi connectivity index (χ0) is 13.4. The van der Waals surface area contributed by atoms with E-state index >= 15 is 0 Å². The first-order chi connectivity index (χ1) is 8.67. The van der Waals surface area contributed by atoms with Crippen molar-refractivity contribution in [2.75, 3.05) is 41.0 Å². The molecule has 0 saturated heterocycles. The fourth-order valence-electron chi connectivity index (χ4n) is 1.82. The lowest BCUT2D eigenvalue weighted by atomic mass is 10.1. The average molecular weight is 253 g/mol. The lowest BCUT2D eigenvalue weighted by Gasteiger charge is -2.20. The first-order valence-corrected chi connectivity index (χ1v) is 6.17. The Kier molecular flexibility index (Phi) is 6.72. The molecule has 4 heteroatoms. The summed E-state index contributed by atoms with van der Waals surface area (Å²) in [6, 6.07) is 7.55. The molecular weight excluding hydrogens is 230 g/mol. The quantitative estimate of drug-likeness (QED) is 0.716. The zero-order valence-electron chi connectivity index (χ0n) is 11.4. The summed E-state index contributed by atoms with van der Waals surface area (Å²) < 4.78 is 10.2. The molecule has 0 fully saturated rings. The molecule has 0 aliphatic heterocycles. The van der Waals surface area contributed by atoms with Gasteiger partial charge in [-0.3, -0.25) is 0 Å². The van der Waals surface area contributed by atoms with Gasteiger partial charge in [-0.1, -0.05) is 12.1 Å². The minimum absolute atomic E-state index is 0.493. The van der Waals surface area contributed by atoms with E-state index < -0.39 is 6.10 Å². The number of methoxy groups -OCH3 is 2. The summed E-state index contributed by atoms with van der Waals surface area (Å²) in [5, 5.41) is 10.1. The van der Waals surface area contributed by atoms with E-state index in [9.17, 15) is 5.11 Å². The second-order valence-corrected chi connectivity index (χ2v) is 4.40. The van der Waals surface area contributed by atoms with E-state index in [4.69, 9.17) is 9.47 Å². The molecule has 1 N–H and O–H groups in total. The zero-order valence-corrected chi connectivity index (χ0v) is 11.4. The van der Waals surface area contributed by atoms with Gasteiger partial charge in [-0.05, 0) is 31.2 Å². The molecular formula is C14H23NO3. The third-order valence-corrected chi connectivity index (χ3v) is 2.85. The van der Waals surface area contributed by atoms with Crippen LogP contribution in [-0.2, 0) is 4.74 Å². The number of likely N-dealkylation sites (N-methyl/N-ethyl adjacent to an activating group) is 1. The van der Waals surface area contributed by atoms with Gasteiger partial charge in [-0.25, -0.2) is 0 Å². The van der Waals surface area contributed by atoms with Crippen molar-refractivity contribution in [3.63, 3.8) is 0 Å². The van der Waals surface area contributed by atoms with Gasteiger partial charge in [-0.2, -0.15) is 0 Å². The molecule has 0 aliphatic carbocycles. The Balaban J connectivity index is 2.45. The van der Waals surface area contributed by atoms with Gasteiger partial charge in [0.2, 0.25) is 0 Å². The molecule has 1 aromatic carbocycles. The molecule has 0 amide bonds. The second kappa shape index (κ2) is 8.08. The maximum Gasteiger partial charge on any atom is 0.119 e. The molecule has 1 atom stereocenters. The Morgan fingerprint density at radius 2 is 2.11 bits per heavy atom. The molecule has 0 radical (unpaired) electrons. The Bertz CT molecular complexity index is 344. The number of ether oxygens (including phenoxy) is 2. The third-order valence-electron chi connectivity index (χ3n) is 2.85. The highest BCUT2D eigenvalue weighted by molar-refractivity contribution is 5.29. The Morgan fingerprint density at radius 1 is 1.33 bits per heavy atom. The number of aliphatic hydroxyl groups excluding tert-OH is 1. The summed E-state index contributed by atoms with van der Waals surface area (Å²) >= 11 is 0. The lowest BCUT2D eigenvalue weighted by Crippen LogP contribution is -2.26. The van der Waals surface area contributed by atoms with Crippen LogP contribution in [0.5, 0.6) is 5.75 Å². The fraction of sp³-hybridized carbons (Fsp3) is 0.571. The summed E-state index contributed by atoms with van der Waals surface area (Å²) in [5.74, 6) is 0.772. The van der Waals surface area contributed by atoms with Crippen molar-refractivity contribution in [1.82, 2.24) is 4.90 Å². The Labute approximate surface area is 109 Å². The maximum absolute atomic E-state index is 10.1. The Hall–Kier alpha value is -1.10. The van der Waals surface area contributed by atoms with Crippen LogP contribution in [0.1, 0.15) is 18.1 Å². The molecule has 0 saturated carbocycles. The molecule has 102 valence electrons. The van der Waals surface area contributed by atoms with Crippen molar-refractivity contribution in [3.05, 3.63) is 29.8 Å². The molecule has 1 aromatic rings. The van der Waals surface area contributed by atoms with Crippen molar-refractivity contribution in [2.24, 2.45) is 0 Å². The van der Waals surface area contributed by atoms with Gasteiger partial charge >= 0.3 is 0 Å². The van der Waals surface area contributed by atoms with E-state index in [1.165, 1.54) is 0 Å². The normalized spacial score (nSPS) is 12.7. The predicted molar refractivity (Wildman–Crippen MR) is 71.9 cm³/mol. The number of benzene rings is 1. The number of hydrogen-bond donors (Lipinski definition) is 1. The van der Waals surface area contributed by atoms with Crippen molar-refractivity contribution >= 4 is 0 Å². The van der Waals surface area contributed by atoms with Gasteiger partial charge in [0.25, 0.3) is 0 Å². The van der Waals surface area contributed by atoms with E-state index in [1.54, 1.807) is 14.2 Å². The molecule has 0 heterocycles. The lowest BCUT2D eigenvalue weighted by molar-refractivity contribution is 0.117. The van der Waals surface area contributed by atoms with Crippen LogP contribution in [0.2, 0.25) is 0 Å². The molecule has 1 rings (SSSR count). The highest BCUT2D eigenvalue weighted by Crippen LogP contribution is 2.19. The largest absolute Gasteiger partial charge is 0.497 e. The van der Waals surface area contributed by atoms with Crippen LogP contribution in [0.25, 0.3) is 0 Å². The van der Waals surface area contributed by atoms with Crippen LogP contribution in [-0.4, -0.2) is 51.0 Å². The van der Waals surface area contributed by atoms with Crippen molar-refractivity contribution in [1.29, 1.82) is 0 Å². The minimum Gasteiger partial charge on any atom is -0.497 e. The standard InChI is InChI=1S/C14H23NO3/c1-15(8-5-9-17-2)11-14(16)12-6-4-7-13(10-12)18-3/h4,6-7,10,14,16H,5,8-9,11H2,1-3H3. The summed E-state index contributed by atoms with van der Waals surface area (Å²) in [6.45, 7) is 2.27. The predicted octanol–water partition coefficient (Wildman–Crippen LogP) is 1.70. The number of nitrogens with zero attached hydrogens (tertiary/aromatic N) is 1. The molecule has 1 unspecified atom stereocenters. The SMILES string of the molecule is COCCCN(C)CC(O)c1cccc(OC)c1. The fourth-order valence-corrected chi connectivity index (χ4v) is 1.82. The number of rotatable bonds is 8. The molecule has 18 heavy (non-hydrogen) atoms. The molecule has 0 spiro atoms. The van der Waals surface area contributed by atoms with Gasteiger partial charge in [0, 0.05) is 26.8 Å². The van der Waals surface area contributed by atoms with E-state index in [1.807, 2.05) is 31.3 Å². The minimum atomic E-state index is -0.493. The summed E-state index contributed by atoms with van der Waals surface area (Å²) in [5.41, 5.74) is 0.882. The first kappa shape index (κ1) is 15.0. The van der Waals surface area contributed by atoms with Crippen LogP contribution < -0.4 is 4.74 Å². The number of hydrogen-bond acceptors (Lipinski definition) is 4. The monoisotopic (exact) mass is 253 g/mol. The summed E-state index contributed by atoms with van der Waals surface area (Å²) in [4.78, 5) is 2.10. The highest BCUT2D eigenvalue weighted by atomic mass is 16.5. The summed E-state index contributed by atoms with van der Waals surface area (Å²) in [6.07, 6.45) is 0.477. The molecule has 0 bridgehead atoms. The smallest absolute Gasteiger partial charge is 0.119 e. The third kappa shape index (κ3) is 5.04. The van der Waals surface area contributed by atoms with Gasteiger partial charge in [-0.15, -0.1) is 0 Å². The van der Waals surface area contributed by atoms with Crippen molar-refractivity contribution in [3.8, 4) is 5.75 Å². The molecule has 4 nitrogen and oxygen atoms in total. The van der Waals surface area contributed by atoms with Crippen molar-refractivity contribution < 1.29 is 14.6 Å². The van der Waals surface area contributed by atoms with Crippen LogP contribution >= 0.6 is 0 Å². The van der Waals surface area contributed by atoms with Crippen LogP contribution in [0.15, 0.2) is 24.3 Å². The average Bonchev–Trinajstić information content (AvgIpc) is 2.39. The van der Waals surface area contributed by atoms with Crippen LogP contribution in [0.3, 0.4) is 0 Å². The van der Waals surface area contributed by atoms with E-state index in [0.29, 0.717) is 6.54 Å². The maximum atomic E-state index is 10.1. The van der Waals surface area contributed by atoms with Gasteiger partial charge in [0.15, 0.2) is 0 Å². The second-order valence-electron chi connectivity index (χ2n) is 4.40. The van der Waals surface area contributed by atoms with E-state index in [0.717, 1.165) is 30.9 Å². The summed E-state index contributed by atoms with van der Waals surface area (Å²) in [7, 11) is 5.33. The van der Waals surface area contributed by atoms with Crippen molar-refractivity contribution in [2.45, 2.75) is 12.5 Å². The first-order valence-electron chi connectivity index (χ1n) is 6.17. The van der Waals surface area contributed by atoms with Crippen LogP contribution in [0.4, 0.5) is 0 Å². The molecule has 0 aromatic heterocycles. The Morgan fingerprint density at radius 3 is 2.78 bits per heavy atom. The highest BCUT2D eigenvalue weighted by Gasteiger charge is 2.11. The number of aliphatic hydroxyl groups is 1. The van der Waals surface area contributed by atoms with Gasteiger partial charge in [0.1, 0.15) is 5.75 Å². The van der Waals surface area contributed by atoms with Crippen LogP contribution in [0, 0.1) is 0 Å². The molecule has 0 aliphatic rings. The topological polar surface area (TPSA) is 41.9 Å². The van der Waals surface area contributed by atoms with Gasteiger partial charge < -0.3 is 19.5 Å². The van der Waals surface area contributed by atoms with E-state index in [-0.39, 0.29) is 0 Å².